The lowest BCUT2D eigenvalue weighted by Gasteiger charge is -2.05. The molecule has 0 spiro atoms. The Morgan fingerprint density at radius 1 is 1.12 bits per heavy atom. The third-order valence-corrected chi connectivity index (χ3v) is 4.27. The second-order valence-electron chi connectivity index (χ2n) is 6.20. The largest absolute Gasteiger partial charge is 0.507 e. The zero-order valence-electron chi connectivity index (χ0n) is 16.4. The van der Waals surface area contributed by atoms with Crippen LogP contribution in [0.1, 0.15) is 5.56 Å². The minimum Gasteiger partial charge on any atom is -0.507 e. The van der Waals surface area contributed by atoms with Crippen molar-refractivity contribution in [2.75, 3.05) is 6.61 Å². The van der Waals surface area contributed by atoms with Gasteiger partial charge in [0.25, 0.3) is 5.91 Å². The standard InChI is InChI=1S/C21H16ClN5O5/c22-16-5-1-2-6-17(16)25-24-15-9-10-19(28)14(11-15)12-23-26-21(29)13-32-20-8-4-3-7-18(20)27(30)31/h1-12,28H,13H2,(H,26,29)/b23-12+,25-24?. The fraction of sp³-hybridized carbons (Fsp3) is 0.0476. The van der Waals surface area contributed by atoms with E-state index in [-0.39, 0.29) is 22.7 Å². The topological polar surface area (TPSA) is 139 Å². The molecule has 10 nitrogen and oxygen atoms in total. The Morgan fingerprint density at radius 2 is 1.88 bits per heavy atom. The fourth-order valence-electron chi connectivity index (χ4n) is 2.43. The van der Waals surface area contributed by atoms with Crippen LogP contribution in [-0.4, -0.2) is 28.8 Å². The molecule has 0 fully saturated rings. The van der Waals surface area contributed by atoms with Gasteiger partial charge in [0.1, 0.15) is 11.4 Å². The van der Waals surface area contributed by atoms with Crippen molar-refractivity contribution < 1.29 is 19.6 Å². The zero-order chi connectivity index (χ0) is 22.9. The molecule has 0 radical (unpaired) electrons. The smallest absolute Gasteiger partial charge is 0.310 e. The summed E-state index contributed by atoms with van der Waals surface area (Å²) in [7, 11) is 0. The highest BCUT2D eigenvalue weighted by molar-refractivity contribution is 6.32. The summed E-state index contributed by atoms with van der Waals surface area (Å²) in [6, 6.07) is 17.1. The van der Waals surface area contributed by atoms with Crippen LogP contribution < -0.4 is 10.2 Å². The Bertz CT molecular complexity index is 1200. The zero-order valence-corrected chi connectivity index (χ0v) is 17.1. The molecule has 11 heteroatoms. The number of phenolic OH excluding ortho intramolecular Hbond substituents is 1. The average molecular weight is 454 g/mol. The van der Waals surface area contributed by atoms with Gasteiger partial charge in [-0.25, -0.2) is 5.43 Å². The van der Waals surface area contributed by atoms with Gasteiger partial charge in [0.2, 0.25) is 0 Å². The molecule has 3 aromatic rings. The summed E-state index contributed by atoms with van der Waals surface area (Å²) in [5.41, 5.74) is 3.16. The number of phenols is 1. The van der Waals surface area contributed by atoms with Crippen LogP contribution in [0.15, 0.2) is 82.1 Å². The van der Waals surface area contributed by atoms with Crippen LogP contribution in [0, 0.1) is 10.1 Å². The third kappa shape index (κ3) is 6.09. The third-order valence-electron chi connectivity index (χ3n) is 3.95. The number of benzene rings is 3. The SMILES string of the molecule is O=C(COc1ccccc1[N+](=O)[O-])N/N=C/c1cc(N=Nc2ccccc2Cl)ccc1O. The first-order chi connectivity index (χ1) is 15.4. The predicted octanol–water partition coefficient (Wildman–Crippen LogP) is 4.90. The first-order valence-corrected chi connectivity index (χ1v) is 9.49. The van der Waals surface area contributed by atoms with Gasteiger partial charge in [-0.1, -0.05) is 35.9 Å². The maximum absolute atomic E-state index is 11.9. The molecule has 0 aliphatic carbocycles. The highest BCUT2D eigenvalue weighted by atomic mass is 35.5. The van der Waals surface area contributed by atoms with E-state index >= 15 is 0 Å². The summed E-state index contributed by atoms with van der Waals surface area (Å²) in [6.07, 6.45) is 1.21. The van der Waals surface area contributed by atoms with E-state index in [1.165, 1.54) is 36.5 Å². The van der Waals surface area contributed by atoms with Crippen LogP contribution in [-0.2, 0) is 4.79 Å². The minimum atomic E-state index is -0.645. The molecule has 0 unspecified atom stereocenters. The molecule has 0 heterocycles. The number of hydrogen-bond acceptors (Lipinski definition) is 8. The molecule has 32 heavy (non-hydrogen) atoms. The summed E-state index contributed by atoms with van der Waals surface area (Å²) in [6.45, 7) is -0.486. The van der Waals surface area contributed by atoms with E-state index in [0.29, 0.717) is 16.4 Å². The van der Waals surface area contributed by atoms with Crippen molar-refractivity contribution in [2.24, 2.45) is 15.3 Å². The van der Waals surface area contributed by atoms with E-state index in [1.807, 2.05) is 0 Å². The molecule has 0 aliphatic heterocycles. The molecule has 0 aromatic heterocycles. The van der Waals surface area contributed by atoms with E-state index in [0.717, 1.165) is 0 Å². The van der Waals surface area contributed by atoms with Crippen molar-refractivity contribution in [1.29, 1.82) is 0 Å². The van der Waals surface area contributed by atoms with Gasteiger partial charge in [0.05, 0.1) is 21.8 Å². The van der Waals surface area contributed by atoms with Crippen molar-refractivity contribution in [3.05, 3.63) is 87.4 Å². The molecule has 0 bridgehead atoms. The molecule has 2 N–H and O–H groups in total. The lowest BCUT2D eigenvalue weighted by Crippen LogP contribution is -2.24. The summed E-state index contributed by atoms with van der Waals surface area (Å²) >= 11 is 6.04. The number of carbonyl (C=O) groups is 1. The highest BCUT2D eigenvalue weighted by Crippen LogP contribution is 2.28. The molecular formula is C21H16ClN5O5. The van der Waals surface area contributed by atoms with Crippen molar-refractivity contribution in [3.63, 3.8) is 0 Å². The highest BCUT2D eigenvalue weighted by Gasteiger charge is 2.14. The molecule has 0 saturated carbocycles. The van der Waals surface area contributed by atoms with Gasteiger partial charge in [0.15, 0.2) is 12.4 Å². The Hall–Kier alpha value is -4.31. The van der Waals surface area contributed by atoms with Gasteiger partial charge in [-0.05, 0) is 36.4 Å². The Kier molecular flexibility index (Phi) is 7.44. The molecule has 1 amide bonds. The van der Waals surface area contributed by atoms with Crippen LogP contribution in [0.4, 0.5) is 17.1 Å². The number of nitro benzene ring substituents is 1. The van der Waals surface area contributed by atoms with Crippen molar-refractivity contribution >= 4 is 40.8 Å². The molecular weight excluding hydrogens is 438 g/mol. The van der Waals surface area contributed by atoms with Crippen LogP contribution >= 0.6 is 11.6 Å². The first kappa shape index (κ1) is 22.4. The monoisotopic (exact) mass is 453 g/mol. The lowest BCUT2D eigenvalue weighted by molar-refractivity contribution is -0.385. The van der Waals surface area contributed by atoms with E-state index in [9.17, 15) is 20.0 Å². The Morgan fingerprint density at radius 3 is 2.66 bits per heavy atom. The second kappa shape index (κ2) is 10.6. The summed E-state index contributed by atoms with van der Waals surface area (Å²) in [5, 5.41) is 33.3. The van der Waals surface area contributed by atoms with Crippen LogP contribution in [0.2, 0.25) is 5.02 Å². The average Bonchev–Trinajstić information content (AvgIpc) is 2.79. The number of para-hydroxylation sites is 2. The minimum absolute atomic E-state index is 0.0362. The number of azo groups is 1. The Labute approximate surface area is 187 Å². The first-order valence-electron chi connectivity index (χ1n) is 9.11. The van der Waals surface area contributed by atoms with Crippen molar-refractivity contribution in [2.45, 2.75) is 0 Å². The normalized spacial score (nSPS) is 11.0. The number of halogens is 1. The number of amides is 1. The van der Waals surface area contributed by atoms with Crippen LogP contribution in [0.5, 0.6) is 11.5 Å². The summed E-state index contributed by atoms with van der Waals surface area (Å²) in [5.74, 6) is -0.768. The van der Waals surface area contributed by atoms with Crippen molar-refractivity contribution in [3.8, 4) is 11.5 Å². The van der Waals surface area contributed by atoms with Gasteiger partial charge >= 0.3 is 5.69 Å². The number of aromatic hydroxyl groups is 1. The number of nitrogens with zero attached hydrogens (tertiary/aromatic N) is 4. The number of ether oxygens (including phenoxy) is 1. The molecule has 0 saturated heterocycles. The second-order valence-corrected chi connectivity index (χ2v) is 6.61. The number of carbonyl (C=O) groups excluding carboxylic acids is 1. The van der Waals surface area contributed by atoms with Gasteiger partial charge in [-0.15, -0.1) is 5.11 Å². The van der Waals surface area contributed by atoms with Gasteiger partial charge in [-0.3, -0.25) is 14.9 Å². The van der Waals surface area contributed by atoms with Gasteiger partial charge < -0.3 is 9.84 Å². The molecule has 162 valence electrons. The van der Waals surface area contributed by atoms with E-state index in [2.05, 4.69) is 20.8 Å². The number of hydrogen-bond donors (Lipinski definition) is 2. The fourth-order valence-corrected chi connectivity index (χ4v) is 2.60. The maximum atomic E-state index is 11.9. The number of rotatable bonds is 8. The van der Waals surface area contributed by atoms with Gasteiger partial charge in [-0.2, -0.15) is 10.2 Å². The van der Waals surface area contributed by atoms with E-state index < -0.39 is 17.4 Å². The number of nitrogens with one attached hydrogen (secondary N) is 1. The molecule has 3 rings (SSSR count). The Balaban J connectivity index is 1.60. The number of nitro groups is 1. The predicted molar refractivity (Wildman–Crippen MR) is 118 cm³/mol. The quantitative estimate of drug-likeness (QED) is 0.216. The number of hydrazone groups is 1. The lowest BCUT2D eigenvalue weighted by atomic mass is 10.2. The maximum Gasteiger partial charge on any atom is 0.310 e. The van der Waals surface area contributed by atoms with E-state index in [1.54, 1.807) is 36.4 Å². The van der Waals surface area contributed by atoms with Crippen LogP contribution in [0.25, 0.3) is 0 Å². The summed E-state index contributed by atoms with van der Waals surface area (Å²) < 4.78 is 5.17. The van der Waals surface area contributed by atoms with Gasteiger partial charge in [0, 0.05) is 11.6 Å². The van der Waals surface area contributed by atoms with E-state index in [4.69, 9.17) is 16.3 Å². The molecule has 3 aromatic carbocycles. The molecule has 0 atom stereocenters. The molecule has 0 aliphatic rings. The summed E-state index contributed by atoms with van der Waals surface area (Å²) in [4.78, 5) is 22.3. The van der Waals surface area contributed by atoms with Crippen molar-refractivity contribution in [1.82, 2.24) is 5.43 Å². The van der Waals surface area contributed by atoms with Crippen LogP contribution in [0.3, 0.4) is 0 Å².